The van der Waals surface area contributed by atoms with Crippen molar-refractivity contribution in [3.8, 4) is 0 Å². The van der Waals surface area contributed by atoms with E-state index in [1.165, 1.54) is 38.5 Å². The first kappa shape index (κ1) is 15.9. The van der Waals surface area contributed by atoms with Gasteiger partial charge in [0.2, 0.25) is 5.91 Å². The lowest BCUT2D eigenvalue weighted by molar-refractivity contribution is -0.133. The number of morpholine rings is 1. The summed E-state index contributed by atoms with van der Waals surface area (Å²) in [5.74, 6) is 1.04. The van der Waals surface area contributed by atoms with Gasteiger partial charge in [0, 0.05) is 50.7 Å². The van der Waals surface area contributed by atoms with E-state index in [2.05, 4.69) is 15.1 Å². The summed E-state index contributed by atoms with van der Waals surface area (Å²) in [6.07, 6.45) is 8.21. The number of nitrogens with one attached hydrogen (secondary N) is 1. The Hall–Kier alpha value is -0.650. The summed E-state index contributed by atoms with van der Waals surface area (Å²) < 4.78 is 5.44. The molecule has 4 aliphatic heterocycles. The number of likely N-dealkylation sites (tertiary alicyclic amines) is 1. The van der Waals surface area contributed by atoms with Crippen molar-refractivity contribution < 1.29 is 9.53 Å². The maximum atomic E-state index is 12.9. The smallest absolute Gasteiger partial charge is 0.223 e. The quantitative estimate of drug-likeness (QED) is 0.846. The lowest BCUT2D eigenvalue weighted by Crippen LogP contribution is -2.47. The van der Waals surface area contributed by atoms with E-state index >= 15 is 0 Å². The van der Waals surface area contributed by atoms with Crippen LogP contribution >= 0.6 is 0 Å². The van der Waals surface area contributed by atoms with E-state index in [-0.39, 0.29) is 0 Å². The second kappa shape index (κ2) is 7.08. The van der Waals surface area contributed by atoms with Crippen LogP contribution in [-0.2, 0) is 9.53 Å². The molecule has 0 aromatic rings. The van der Waals surface area contributed by atoms with Gasteiger partial charge in [0.1, 0.15) is 0 Å². The Balaban J connectivity index is 1.29. The average Bonchev–Trinajstić information content (AvgIpc) is 3.15. The Bertz CT molecular complexity index is 412. The van der Waals surface area contributed by atoms with Gasteiger partial charge in [-0.05, 0) is 44.4 Å². The number of ether oxygens (including phenoxy) is 1. The number of hydrogen-bond acceptors (Lipinski definition) is 4. The maximum Gasteiger partial charge on any atom is 0.223 e. The zero-order valence-corrected chi connectivity index (χ0v) is 14.2. The lowest BCUT2D eigenvalue weighted by Gasteiger charge is -2.34. The number of carbonyl (C=O) groups excluding carboxylic acids is 1. The van der Waals surface area contributed by atoms with E-state index < -0.39 is 0 Å². The van der Waals surface area contributed by atoms with E-state index in [1.807, 2.05) is 0 Å². The summed E-state index contributed by atoms with van der Waals surface area (Å²) in [5, 5.41) is 3.68. The van der Waals surface area contributed by atoms with Gasteiger partial charge in [0.05, 0.1) is 13.2 Å². The first-order valence-electron chi connectivity index (χ1n) is 9.63. The summed E-state index contributed by atoms with van der Waals surface area (Å²) in [7, 11) is 0. The first-order chi connectivity index (χ1) is 11.3. The third-order valence-electron chi connectivity index (χ3n) is 6.30. The molecule has 0 radical (unpaired) electrons. The highest BCUT2D eigenvalue weighted by atomic mass is 16.5. The molecule has 4 saturated heterocycles. The van der Waals surface area contributed by atoms with Crippen LogP contribution in [0.1, 0.15) is 44.9 Å². The van der Waals surface area contributed by atoms with Crippen molar-refractivity contribution in [2.24, 2.45) is 5.92 Å². The molecule has 4 aliphatic rings. The number of carbonyl (C=O) groups is 1. The predicted octanol–water partition coefficient (Wildman–Crippen LogP) is 1.23. The monoisotopic (exact) mass is 321 g/mol. The van der Waals surface area contributed by atoms with Crippen molar-refractivity contribution in [3.05, 3.63) is 0 Å². The number of amides is 1. The molecule has 4 rings (SSSR count). The van der Waals surface area contributed by atoms with Gasteiger partial charge in [-0.15, -0.1) is 0 Å². The summed E-state index contributed by atoms with van der Waals surface area (Å²) in [6.45, 7) is 5.77. The SMILES string of the molecule is O=C(CC1CC2CCC(C1)N2)N1CCCC1CN1CCOCC1. The van der Waals surface area contributed by atoms with Crippen LogP contribution in [-0.4, -0.2) is 73.2 Å². The molecule has 23 heavy (non-hydrogen) atoms. The van der Waals surface area contributed by atoms with Crippen molar-refractivity contribution in [1.82, 2.24) is 15.1 Å². The van der Waals surface area contributed by atoms with E-state index in [0.29, 0.717) is 30.0 Å². The standard InChI is InChI=1S/C18H31N3O2/c22-18(12-14-10-15-3-4-16(11-14)19-15)21-5-1-2-17(21)13-20-6-8-23-9-7-20/h14-17,19H,1-13H2. The van der Waals surface area contributed by atoms with Gasteiger partial charge >= 0.3 is 0 Å². The molecule has 130 valence electrons. The molecule has 0 aromatic carbocycles. The minimum Gasteiger partial charge on any atom is -0.379 e. The fourth-order valence-electron chi connectivity index (χ4n) is 5.14. The second-order valence-electron chi connectivity index (χ2n) is 7.98. The van der Waals surface area contributed by atoms with Gasteiger partial charge in [0.25, 0.3) is 0 Å². The number of hydrogen-bond donors (Lipinski definition) is 1. The van der Waals surface area contributed by atoms with Crippen LogP contribution in [0.15, 0.2) is 0 Å². The number of fused-ring (bicyclic) bond motifs is 2. The molecule has 3 unspecified atom stereocenters. The number of rotatable bonds is 4. The lowest BCUT2D eigenvalue weighted by atomic mass is 9.89. The zero-order valence-electron chi connectivity index (χ0n) is 14.2. The highest BCUT2D eigenvalue weighted by Crippen LogP contribution is 2.33. The fourth-order valence-corrected chi connectivity index (χ4v) is 5.14. The van der Waals surface area contributed by atoms with E-state index in [4.69, 9.17) is 4.74 Å². The van der Waals surface area contributed by atoms with Crippen molar-refractivity contribution >= 4 is 5.91 Å². The van der Waals surface area contributed by atoms with Gasteiger partial charge in [0.15, 0.2) is 0 Å². The van der Waals surface area contributed by atoms with Crippen molar-refractivity contribution in [2.45, 2.75) is 63.1 Å². The van der Waals surface area contributed by atoms with Crippen LogP contribution < -0.4 is 5.32 Å². The fraction of sp³-hybridized carbons (Fsp3) is 0.944. The molecule has 0 aliphatic carbocycles. The Labute approximate surface area is 139 Å². The van der Waals surface area contributed by atoms with Crippen LogP contribution in [0.2, 0.25) is 0 Å². The molecule has 1 amide bonds. The Morgan fingerprint density at radius 2 is 1.78 bits per heavy atom. The van der Waals surface area contributed by atoms with Crippen LogP contribution in [0.5, 0.6) is 0 Å². The van der Waals surface area contributed by atoms with Gasteiger partial charge < -0.3 is 15.0 Å². The molecule has 3 atom stereocenters. The summed E-state index contributed by atoms with van der Waals surface area (Å²) in [5.41, 5.74) is 0. The summed E-state index contributed by atoms with van der Waals surface area (Å²) in [4.78, 5) is 17.5. The van der Waals surface area contributed by atoms with Gasteiger partial charge in [-0.3, -0.25) is 9.69 Å². The predicted molar refractivity (Wildman–Crippen MR) is 89.3 cm³/mol. The Morgan fingerprint density at radius 1 is 1.04 bits per heavy atom. The first-order valence-corrected chi connectivity index (χ1v) is 9.63. The molecular formula is C18H31N3O2. The Morgan fingerprint density at radius 3 is 2.52 bits per heavy atom. The molecule has 0 aromatic heterocycles. The third-order valence-corrected chi connectivity index (χ3v) is 6.30. The molecule has 0 saturated carbocycles. The maximum absolute atomic E-state index is 12.9. The molecule has 5 nitrogen and oxygen atoms in total. The van der Waals surface area contributed by atoms with Gasteiger partial charge in [-0.1, -0.05) is 0 Å². The normalized spacial score (nSPS) is 38.2. The molecule has 2 bridgehead atoms. The van der Waals surface area contributed by atoms with E-state index in [9.17, 15) is 4.79 Å². The van der Waals surface area contributed by atoms with E-state index in [1.54, 1.807) is 0 Å². The largest absolute Gasteiger partial charge is 0.379 e. The number of piperidine rings is 1. The minimum absolute atomic E-state index is 0.423. The van der Waals surface area contributed by atoms with Crippen molar-refractivity contribution in [2.75, 3.05) is 39.4 Å². The average molecular weight is 321 g/mol. The Kier molecular flexibility index (Phi) is 4.88. The molecule has 5 heteroatoms. The van der Waals surface area contributed by atoms with E-state index in [0.717, 1.165) is 45.8 Å². The molecular weight excluding hydrogens is 290 g/mol. The van der Waals surface area contributed by atoms with Crippen LogP contribution in [0, 0.1) is 5.92 Å². The topological polar surface area (TPSA) is 44.8 Å². The second-order valence-corrected chi connectivity index (χ2v) is 7.98. The van der Waals surface area contributed by atoms with Gasteiger partial charge in [-0.2, -0.15) is 0 Å². The van der Waals surface area contributed by atoms with Crippen LogP contribution in [0.25, 0.3) is 0 Å². The molecule has 4 heterocycles. The summed E-state index contributed by atoms with van der Waals surface area (Å²) in [6, 6.07) is 1.82. The number of nitrogens with zero attached hydrogens (tertiary/aromatic N) is 2. The highest BCUT2D eigenvalue weighted by molar-refractivity contribution is 5.77. The van der Waals surface area contributed by atoms with Crippen molar-refractivity contribution in [1.29, 1.82) is 0 Å². The van der Waals surface area contributed by atoms with Crippen LogP contribution in [0.4, 0.5) is 0 Å². The highest BCUT2D eigenvalue weighted by Gasteiger charge is 2.36. The third kappa shape index (κ3) is 3.72. The van der Waals surface area contributed by atoms with Gasteiger partial charge in [-0.25, -0.2) is 0 Å². The molecule has 1 N–H and O–H groups in total. The summed E-state index contributed by atoms with van der Waals surface area (Å²) >= 11 is 0. The van der Waals surface area contributed by atoms with Crippen molar-refractivity contribution in [3.63, 3.8) is 0 Å². The molecule has 0 spiro atoms. The molecule has 4 fully saturated rings. The zero-order chi connectivity index (χ0) is 15.6. The van der Waals surface area contributed by atoms with Crippen LogP contribution in [0.3, 0.4) is 0 Å². The minimum atomic E-state index is 0.423.